The Balaban J connectivity index is 1.42. The Hall–Kier alpha value is -1.95. The van der Waals surface area contributed by atoms with Crippen molar-refractivity contribution in [1.29, 1.82) is 0 Å². The number of nitrogens with zero attached hydrogens (tertiary/aromatic N) is 4. The molecule has 2 aromatic rings. The van der Waals surface area contributed by atoms with Crippen molar-refractivity contribution in [2.45, 2.75) is 64.2 Å². The zero-order valence-corrected chi connectivity index (χ0v) is 16.4. The maximum absolute atomic E-state index is 12.5. The molecule has 0 amide bonds. The minimum atomic E-state index is -0.166. The van der Waals surface area contributed by atoms with E-state index in [-0.39, 0.29) is 5.69 Å². The molecule has 0 spiro atoms. The van der Waals surface area contributed by atoms with Crippen LogP contribution in [0.1, 0.15) is 68.7 Å². The lowest BCUT2D eigenvalue weighted by Crippen LogP contribution is -2.36. The molecule has 1 saturated carbocycles. The van der Waals surface area contributed by atoms with E-state index in [1.807, 2.05) is 13.0 Å². The van der Waals surface area contributed by atoms with E-state index in [1.54, 1.807) is 12.4 Å². The van der Waals surface area contributed by atoms with E-state index >= 15 is 0 Å². The standard InChI is InChI=1S/C21H31N5O/c1-16-9-11-22-14-19(16)26-21(27)23-20(24-26)18-8-5-12-25(15-18)13-10-17-6-3-2-4-7-17/h9,11,14,17-18H,2-8,10,12-13,15H2,1H3,(H,23,24,27)/t18-/m0/s1. The lowest BCUT2D eigenvalue weighted by molar-refractivity contribution is 0.182. The summed E-state index contributed by atoms with van der Waals surface area (Å²) in [6.45, 7) is 5.35. The van der Waals surface area contributed by atoms with Crippen molar-refractivity contribution in [1.82, 2.24) is 24.6 Å². The van der Waals surface area contributed by atoms with Crippen LogP contribution < -0.4 is 5.69 Å². The van der Waals surface area contributed by atoms with Crippen molar-refractivity contribution in [3.05, 3.63) is 40.3 Å². The van der Waals surface area contributed by atoms with Gasteiger partial charge in [0.2, 0.25) is 0 Å². The zero-order chi connectivity index (χ0) is 18.6. The number of H-pyrrole nitrogens is 1. The minimum Gasteiger partial charge on any atom is -0.303 e. The third kappa shape index (κ3) is 4.32. The van der Waals surface area contributed by atoms with Crippen LogP contribution >= 0.6 is 0 Å². The lowest BCUT2D eigenvalue weighted by atomic mass is 9.86. The van der Waals surface area contributed by atoms with Crippen LogP contribution in [0.5, 0.6) is 0 Å². The van der Waals surface area contributed by atoms with Crippen LogP contribution in [0.3, 0.4) is 0 Å². The van der Waals surface area contributed by atoms with Gasteiger partial charge in [-0.05, 0) is 56.8 Å². The molecular weight excluding hydrogens is 338 g/mol. The van der Waals surface area contributed by atoms with Crippen molar-refractivity contribution in [3.63, 3.8) is 0 Å². The number of rotatable bonds is 5. The molecule has 0 bridgehead atoms. The molecule has 1 saturated heterocycles. The highest BCUT2D eigenvalue weighted by atomic mass is 16.1. The second kappa shape index (κ2) is 8.38. The number of aromatic nitrogens is 4. The summed E-state index contributed by atoms with van der Waals surface area (Å²) in [4.78, 5) is 22.2. The Labute approximate surface area is 161 Å². The first-order chi connectivity index (χ1) is 13.2. The van der Waals surface area contributed by atoms with Crippen LogP contribution in [0, 0.1) is 12.8 Å². The third-order valence-corrected chi connectivity index (χ3v) is 6.35. The summed E-state index contributed by atoms with van der Waals surface area (Å²) in [7, 11) is 0. The average molecular weight is 370 g/mol. The highest BCUT2D eigenvalue weighted by molar-refractivity contribution is 5.35. The van der Waals surface area contributed by atoms with Gasteiger partial charge in [-0.2, -0.15) is 4.68 Å². The van der Waals surface area contributed by atoms with Gasteiger partial charge in [-0.15, -0.1) is 5.10 Å². The Morgan fingerprint density at radius 3 is 2.85 bits per heavy atom. The fourth-order valence-electron chi connectivity index (χ4n) is 4.69. The largest absolute Gasteiger partial charge is 0.348 e. The second-order valence-electron chi connectivity index (χ2n) is 8.32. The zero-order valence-electron chi connectivity index (χ0n) is 16.4. The van der Waals surface area contributed by atoms with Gasteiger partial charge in [0.15, 0.2) is 0 Å². The number of nitrogens with one attached hydrogen (secondary N) is 1. The summed E-state index contributed by atoms with van der Waals surface area (Å²) in [5.74, 6) is 2.06. The fraction of sp³-hybridized carbons (Fsp3) is 0.667. The number of pyridine rings is 1. The van der Waals surface area contributed by atoms with E-state index in [9.17, 15) is 4.79 Å². The Bertz CT molecular complexity index is 805. The Morgan fingerprint density at radius 1 is 1.19 bits per heavy atom. The normalized spacial score (nSPS) is 22.2. The molecule has 27 heavy (non-hydrogen) atoms. The van der Waals surface area contributed by atoms with E-state index in [1.165, 1.54) is 62.7 Å². The molecule has 2 fully saturated rings. The maximum atomic E-state index is 12.5. The van der Waals surface area contributed by atoms with Gasteiger partial charge in [0.1, 0.15) is 5.82 Å². The summed E-state index contributed by atoms with van der Waals surface area (Å²) in [5, 5.41) is 4.63. The highest BCUT2D eigenvalue weighted by Gasteiger charge is 2.25. The summed E-state index contributed by atoms with van der Waals surface area (Å²) < 4.78 is 1.47. The summed E-state index contributed by atoms with van der Waals surface area (Å²) in [6.07, 6.45) is 14.1. The SMILES string of the molecule is Cc1ccncc1-n1nc([C@H]2CCCN(CCC3CCCCC3)C2)[nH]c1=O. The average Bonchev–Trinajstić information content (AvgIpc) is 3.09. The third-order valence-electron chi connectivity index (χ3n) is 6.35. The van der Waals surface area contributed by atoms with Gasteiger partial charge < -0.3 is 4.90 Å². The molecule has 6 heteroatoms. The number of likely N-dealkylation sites (tertiary alicyclic amines) is 1. The number of hydrogen-bond acceptors (Lipinski definition) is 4. The molecule has 3 heterocycles. The monoisotopic (exact) mass is 369 g/mol. The molecule has 1 aliphatic heterocycles. The van der Waals surface area contributed by atoms with Gasteiger partial charge in [0.05, 0.1) is 11.9 Å². The molecule has 0 aromatic carbocycles. The summed E-state index contributed by atoms with van der Waals surface area (Å²) in [5.41, 5.74) is 1.60. The van der Waals surface area contributed by atoms with Crippen LogP contribution in [0.25, 0.3) is 5.69 Å². The molecule has 2 aliphatic rings. The van der Waals surface area contributed by atoms with Gasteiger partial charge in [-0.25, -0.2) is 4.79 Å². The topological polar surface area (TPSA) is 66.8 Å². The number of aromatic amines is 1. The van der Waals surface area contributed by atoms with Crippen LogP contribution in [-0.4, -0.2) is 44.3 Å². The van der Waals surface area contributed by atoms with E-state index in [0.29, 0.717) is 5.92 Å². The van der Waals surface area contributed by atoms with Crippen molar-refractivity contribution < 1.29 is 0 Å². The van der Waals surface area contributed by atoms with Crippen molar-refractivity contribution in [2.24, 2.45) is 5.92 Å². The Kier molecular flexibility index (Phi) is 5.72. The molecule has 0 radical (unpaired) electrons. The van der Waals surface area contributed by atoms with Crippen molar-refractivity contribution >= 4 is 0 Å². The van der Waals surface area contributed by atoms with Crippen LogP contribution in [0.15, 0.2) is 23.3 Å². The lowest BCUT2D eigenvalue weighted by Gasteiger charge is -2.33. The number of piperidine rings is 1. The molecule has 1 N–H and O–H groups in total. The van der Waals surface area contributed by atoms with Gasteiger partial charge in [-0.3, -0.25) is 9.97 Å². The van der Waals surface area contributed by atoms with Crippen LogP contribution in [0.2, 0.25) is 0 Å². The van der Waals surface area contributed by atoms with Gasteiger partial charge in [0.25, 0.3) is 0 Å². The van der Waals surface area contributed by atoms with E-state index < -0.39 is 0 Å². The predicted molar refractivity (Wildman–Crippen MR) is 106 cm³/mol. The van der Waals surface area contributed by atoms with Gasteiger partial charge in [0, 0.05) is 18.7 Å². The molecule has 146 valence electrons. The minimum absolute atomic E-state index is 0.166. The van der Waals surface area contributed by atoms with Gasteiger partial charge >= 0.3 is 5.69 Å². The smallest absolute Gasteiger partial charge is 0.303 e. The quantitative estimate of drug-likeness (QED) is 0.877. The van der Waals surface area contributed by atoms with Crippen LogP contribution in [0.4, 0.5) is 0 Å². The fourth-order valence-corrected chi connectivity index (χ4v) is 4.69. The summed E-state index contributed by atoms with van der Waals surface area (Å²) >= 11 is 0. The molecule has 1 aliphatic carbocycles. The first-order valence-electron chi connectivity index (χ1n) is 10.5. The molecular formula is C21H31N5O. The van der Waals surface area contributed by atoms with E-state index in [0.717, 1.165) is 36.0 Å². The second-order valence-corrected chi connectivity index (χ2v) is 8.32. The highest BCUT2D eigenvalue weighted by Crippen LogP contribution is 2.28. The molecule has 1 atom stereocenters. The first kappa shape index (κ1) is 18.4. The first-order valence-corrected chi connectivity index (χ1v) is 10.5. The number of aryl methyl sites for hydroxylation is 1. The number of hydrogen-bond donors (Lipinski definition) is 1. The molecule has 4 rings (SSSR count). The van der Waals surface area contributed by atoms with Crippen molar-refractivity contribution in [3.8, 4) is 5.69 Å². The predicted octanol–water partition coefficient (Wildman–Crippen LogP) is 3.41. The van der Waals surface area contributed by atoms with E-state index in [4.69, 9.17) is 0 Å². The molecule has 0 unspecified atom stereocenters. The van der Waals surface area contributed by atoms with Crippen LogP contribution in [-0.2, 0) is 0 Å². The van der Waals surface area contributed by atoms with Crippen molar-refractivity contribution in [2.75, 3.05) is 19.6 Å². The Morgan fingerprint density at radius 2 is 2.04 bits per heavy atom. The van der Waals surface area contributed by atoms with Gasteiger partial charge in [-0.1, -0.05) is 32.1 Å². The molecule has 6 nitrogen and oxygen atoms in total. The molecule has 2 aromatic heterocycles. The summed E-state index contributed by atoms with van der Waals surface area (Å²) in [6, 6.07) is 1.91. The van der Waals surface area contributed by atoms with E-state index in [2.05, 4.69) is 20.0 Å². The maximum Gasteiger partial charge on any atom is 0.348 e.